The second-order valence-electron chi connectivity index (χ2n) is 5.25. The number of halogens is 1. The predicted molar refractivity (Wildman–Crippen MR) is 76.9 cm³/mol. The van der Waals surface area contributed by atoms with E-state index in [1.54, 1.807) is 0 Å². The molecule has 0 bridgehead atoms. The Bertz CT molecular complexity index is 453. The molecule has 1 fully saturated rings. The highest BCUT2D eigenvalue weighted by Gasteiger charge is 2.29. The fourth-order valence-electron chi connectivity index (χ4n) is 2.25. The summed E-state index contributed by atoms with van der Waals surface area (Å²) in [6, 6.07) is 5.81. The summed E-state index contributed by atoms with van der Waals surface area (Å²) in [5.74, 6) is 0.00581. The maximum absolute atomic E-state index is 12.3. The Kier molecular flexibility index (Phi) is 4.07. The van der Waals surface area contributed by atoms with Crippen LogP contribution in [0.15, 0.2) is 22.7 Å². The van der Waals surface area contributed by atoms with Crippen LogP contribution in [0.25, 0.3) is 0 Å². The standard InChI is InChI=1S/C14H19BrN2O/c1-10-3-4-11(12(15)9-10)13(18)17-14(2)5-7-16-8-6-14/h3-4,9,16H,5-8H2,1-2H3,(H,17,18). The van der Waals surface area contributed by atoms with Crippen LogP contribution in [-0.2, 0) is 0 Å². The number of nitrogens with one attached hydrogen (secondary N) is 2. The molecule has 2 rings (SSSR count). The van der Waals surface area contributed by atoms with E-state index in [9.17, 15) is 4.79 Å². The molecule has 1 saturated heterocycles. The molecule has 0 atom stereocenters. The molecule has 3 nitrogen and oxygen atoms in total. The van der Waals surface area contributed by atoms with Gasteiger partial charge in [0.15, 0.2) is 0 Å². The first-order valence-corrected chi connectivity index (χ1v) is 7.09. The Labute approximate surface area is 116 Å². The van der Waals surface area contributed by atoms with E-state index in [0.717, 1.165) is 36.0 Å². The maximum atomic E-state index is 12.3. The first kappa shape index (κ1) is 13.6. The summed E-state index contributed by atoms with van der Waals surface area (Å²) in [6.07, 6.45) is 1.95. The lowest BCUT2D eigenvalue weighted by atomic mass is 9.90. The van der Waals surface area contributed by atoms with E-state index in [0.29, 0.717) is 5.56 Å². The van der Waals surface area contributed by atoms with Gasteiger partial charge in [-0.15, -0.1) is 0 Å². The second kappa shape index (κ2) is 5.41. The Balaban J connectivity index is 2.11. The number of hydrogen-bond donors (Lipinski definition) is 2. The highest BCUT2D eigenvalue weighted by molar-refractivity contribution is 9.10. The van der Waals surface area contributed by atoms with E-state index in [1.807, 2.05) is 25.1 Å². The number of hydrogen-bond acceptors (Lipinski definition) is 2. The number of carbonyl (C=O) groups is 1. The van der Waals surface area contributed by atoms with Gasteiger partial charge in [-0.25, -0.2) is 0 Å². The van der Waals surface area contributed by atoms with Crippen molar-refractivity contribution in [3.8, 4) is 0 Å². The van der Waals surface area contributed by atoms with E-state index in [-0.39, 0.29) is 11.4 Å². The lowest BCUT2D eigenvalue weighted by molar-refractivity contribution is 0.0887. The molecule has 4 heteroatoms. The van der Waals surface area contributed by atoms with Gasteiger partial charge < -0.3 is 10.6 Å². The summed E-state index contributed by atoms with van der Waals surface area (Å²) in [6.45, 7) is 6.06. The van der Waals surface area contributed by atoms with Gasteiger partial charge in [0.1, 0.15) is 0 Å². The second-order valence-corrected chi connectivity index (χ2v) is 6.10. The summed E-state index contributed by atoms with van der Waals surface area (Å²) in [5, 5.41) is 6.47. The average Bonchev–Trinajstić information content (AvgIpc) is 2.28. The summed E-state index contributed by atoms with van der Waals surface area (Å²) >= 11 is 3.46. The Morgan fingerprint density at radius 1 is 1.39 bits per heavy atom. The van der Waals surface area contributed by atoms with Crippen molar-refractivity contribution in [2.45, 2.75) is 32.2 Å². The Morgan fingerprint density at radius 3 is 2.67 bits per heavy atom. The van der Waals surface area contributed by atoms with Crippen molar-refractivity contribution in [3.63, 3.8) is 0 Å². The Hall–Kier alpha value is -0.870. The summed E-state index contributed by atoms with van der Waals surface area (Å²) in [4.78, 5) is 12.3. The summed E-state index contributed by atoms with van der Waals surface area (Å²) < 4.78 is 0.859. The van der Waals surface area contributed by atoms with Gasteiger partial charge in [-0.1, -0.05) is 6.07 Å². The molecule has 0 spiro atoms. The number of rotatable bonds is 2. The molecule has 0 aromatic heterocycles. The fourth-order valence-corrected chi connectivity index (χ4v) is 2.92. The van der Waals surface area contributed by atoms with Gasteiger partial charge in [-0.2, -0.15) is 0 Å². The third-order valence-electron chi connectivity index (χ3n) is 3.49. The van der Waals surface area contributed by atoms with Crippen LogP contribution in [0.2, 0.25) is 0 Å². The van der Waals surface area contributed by atoms with Crippen molar-refractivity contribution in [1.82, 2.24) is 10.6 Å². The highest BCUT2D eigenvalue weighted by atomic mass is 79.9. The van der Waals surface area contributed by atoms with Gasteiger partial charge in [-0.3, -0.25) is 4.79 Å². The first-order valence-electron chi connectivity index (χ1n) is 6.30. The van der Waals surface area contributed by atoms with Crippen LogP contribution in [-0.4, -0.2) is 24.5 Å². The number of amides is 1. The van der Waals surface area contributed by atoms with Crippen LogP contribution in [0.3, 0.4) is 0 Å². The van der Waals surface area contributed by atoms with Crippen molar-refractivity contribution in [3.05, 3.63) is 33.8 Å². The van der Waals surface area contributed by atoms with Crippen molar-refractivity contribution < 1.29 is 4.79 Å². The number of piperidine rings is 1. The first-order chi connectivity index (χ1) is 8.50. The largest absolute Gasteiger partial charge is 0.347 e. The minimum Gasteiger partial charge on any atom is -0.347 e. The average molecular weight is 311 g/mol. The minimum absolute atomic E-state index is 0.00581. The SMILES string of the molecule is Cc1ccc(C(=O)NC2(C)CCNCC2)c(Br)c1. The summed E-state index contributed by atoms with van der Waals surface area (Å²) in [5.41, 5.74) is 1.76. The van der Waals surface area contributed by atoms with Gasteiger partial charge in [-0.05, 0) is 73.4 Å². The van der Waals surface area contributed by atoms with Gasteiger partial charge in [0, 0.05) is 10.0 Å². The van der Waals surface area contributed by atoms with Crippen molar-refractivity contribution in [2.24, 2.45) is 0 Å². The summed E-state index contributed by atoms with van der Waals surface area (Å²) in [7, 11) is 0. The van der Waals surface area contributed by atoms with Crippen molar-refractivity contribution >= 4 is 21.8 Å². The zero-order valence-electron chi connectivity index (χ0n) is 10.8. The van der Waals surface area contributed by atoms with E-state index < -0.39 is 0 Å². The lowest BCUT2D eigenvalue weighted by Gasteiger charge is -2.35. The van der Waals surface area contributed by atoms with E-state index in [4.69, 9.17) is 0 Å². The van der Waals surface area contributed by atoms with Gasteiger partial charge >= 0.3 is 0 Å². The topological polar surface area (TPSA) is 41.1 Å². The molecule has 1 aliphatic heterocycles. The zero-order valence-corrected chi connectivity index (χ0v) is 12.4. The Morgan fingerprint density at radius 2 is 2.06 bits per heavy atom. The van der Waals surface area contributed by atoms with Crippen molar-refractivity contribution in [2.75, 3.05) is 13.1 Å². The molecule has 0 aliphatic carbocycles. The normalized spacial score (nSPS) is 18.4. The monoisotopic (exact) mass is 310 g/mol. The molecule has 0 saturated carbocycles. The molecule has 1 heterocycles. The van der Waals surface area contributed by atoms with Crippen LogP contribution in [0.1, 0.15) is 35.7 Å². The van der Waals surface area contributed by atoms with Crippen molar-refractivity contribution in [1.29, 1.82) is 0 Å². The number of aryl methyl sites for hydroxylation is 1. The third-order valence-corrected chi connectivity index (χ3v) is 4.15. The van der Waals surface area contributed by atoms with Gasteiger partial charge in [0.2, 0.25) is 0 Å². The predicted octanol–water partition coefficient (Wildman–Crippen LogP) is 2.63. The molecule has 1 amide bonds. The third kappa shape index (κ3) is 3.12. The van der Waals surface area contributed by atoms with Crippen LogP contribution in [0, 0.1) is 6.92 Å². The molecule has 1 aromatic carbocycles. The molecular formula is C14H19BrN2O. The van der Waals surface area contributed by atoms with E-state index in [1.165, 1.54) is 0 Å². The molecule has 0 unspecified atom stereocenters. The van der Waals surface area contributed by atoms with Crippen LogP contribution < -0.4 is 10.6 Å². The van der Waals surface area contributed by atoms with Gasteiger partial charge in [0.25, 0.3) is 5.91 Å². The fraction of sp³-hybridized carbons (Fsp3) is 0.500. The van der Waals surface area contributed by atoms with E-state index >= 15 is 0 Å². The van der Waals surface area contributed by atoms with Crippen LogP contribution in [0.4, 0.5) is 0 Å². The number of benzene rings is 1. The van der Waals surface area contributed by atoms with E-state index in [2.05, 4.69) is 33.5 Å². The maximum Gasteiger partial charge on any atom is 0.252 e. The zero-order chi connectivity index (χ0) is 13.2. The molecular weight excluding hydrogens is 292 g/mol. The minimum atomic E-state index is -0.0906. The molecule has 0 radical (unpaired) electrons. The quantitative estimate of drug-likeness (QED) is 0.881. The molecule has 2 N–H and O–H groups in total. The van der Waals surface area contributed by atoms with Crippen LogP contribution >= 0.6 is 15.9 Å². The molecule has 98 valence electrons. The molecule has 1 aromatic rings. The molecule has 18 heavy (non-hydrogen) atoms. The highest BCUT2D eigenvalue weighted by Crippen LogP contribution is 2.22. The number of carbonyl (C=O) groups excluding carboxylic acids is 1. The van der Waals surface area contributed by atoms with Gasteiger partial charge in [0.05, 0.1) is 5.56 Å². The smallest absolute Gasteiger partial charge is 0.252 e. The van der Waals surface area contributed by atoms with Crippen LogP contribution in [0.5, 0.6) is 0 Å². The molecule has 1 aliphatic rings. The lowest BCUT2D eigenvalue weighted by Crippen LogP contribution is -2.52.